The maximum atomic E-state index is 5.56. The van der Waals surface area contributed by atoms with Crippen molar-refractivity contribution in [1.29, 1.82) is 0 Å². The fourth-order valence-corrected chi connectivity index (χ4v) is 1.04. The Morgan fingerprint density at radius 3 is 2.67 bits per heavy atom. The van der Waals surface area contributed by atoms with Gasteiger partial charge in [0.15, 0.2) is 0 Å². The third kappa shape index (κ3) is 2.01. The summed E-state index contributed by atoms with van der Waals surface area (Å²) in [5.74, 6) is 0.852. The van der Waals surface area contributed by atoms with E-state index in [0.717, 1.165) is 5.69 Å². The van der Waals surface area contributed by atoms with Crippen molar-refractivity contribution in [2.45, 2.75) is 19.8 Å². The lowest BCUT2D eigenvalue weighted by Gasteiger charge is -2.16. The molecule has 66 valence electrons. The fraction of sp³-hybridized carbons (Fsp3) is 0.556. The summed E-state index contributed by atoms with van der Waals surface area (Å²) in [7, 11) is 0. The lowest BCUT2D eigenvalue weighted by atomic mass is 9.93. The number of hydrogen-bond donors (Lipinski definition) is 1. The van der Waals surface area contributed by atoms with E-state index >= 15 is 0 Å². The minimum absolute atomic E-state index is 0.392. The van der Waals surface area contributed by atoms with Gasteiger partial charge in [0.25, 0.3) is 0 Å². The largest absolute Gasteiger partial charge is 0.330 e. The summed E-state index contributed by atoms with van der Waals surface area (Å²) in [4.78, 5) is 8.25. The molecule has 2 atom stereocenters. The van der Waals surface area contributed by atoms with E-state index in [1.165, 1.54) is 0 Å². The summed E-state index contributed by atoms with van der Waals surface area (Å²) in [6.45, 7) is 4.94. The molecule has 0 aliphatic rings. The normalized spacial score (nSPS) is 15.6. The Labute approximate surface area is 73.0 Å². The topological polar surface area (TPSA) is 51.8 Å². The summed E-state index contributed by atoms with van der Waals surface area (Å²) in [5.41, 5.74) is 6.59. The molecule has 0 aliphatic heterocycles. The molecule has 1 rings (SSSR count). The molecule has 0 aromatic carbocycles. The van der Waals surface area contributed by atoms with Gasteiger partial charge in [0.2, 0.25) is 0 Å². The van der Waals surface area contributed by atoms with Crippen LogP contribution in [0.2, 0.25) is 0 Å². The van der Waals surface area contributed by atoms with Crippen molar-refractivity contribution in [3.05, 3.63) is 24.3 Å². The molecule has 0 bridgehead atoms. The molecule has 0 saturated heterocycles. The van der Waals surface area contributed by atoms with Gasteiger partial charge in [0.05, 0.1) is 5.69 Å². The minimum atomic E-state index is 0.392. The molecular formula is C9H15N3. The molecule has 1 aromatic rings. The highest BCUT2D eigenvalue weighted by Gasteiger charge is 2.13. The molecule has 1 aromatic heterocycles. The summed E-state index contributed by atoms with van der Waals surface area (Å²) in [5, 5.41) is 0. The summed E-state index contributed by atoms with van der Waals surface area (Å²) >= 11 is 0. The summed E-state index contributed by atoms with van der Waals surface area (Å²) in [6, 6.07) is 0. The Morgan fingerprint density at radius 2 is 2.17 bits per heavy atom. The van der Waals surface area contributed by atoms with Crippen molar-refractivity contribution in [1.82, 2.24) is 9.97 Å². The van der Waals surface area contributed by atoms with Gasteiger partial charge in [0, 0.05) is 24.5 Å². The SMILES string of the molecule is CC(CN)C(C)c1cnccn1. The molecule has 0 radical (unpaired) electrons. The fourth-order valence-electron chi connectivity index (χ4n) is 1.04. The van der Waals surface area contributed by atoms with Crippen LogP contribution in [0.5, 0.6) is 0 Å². The van der Waals surface area contributed by atoms with Crippen molar-refractivity contribution < 1.29 is 0 Å². The highest BCUT2D eigenvalue weighted by Crippen LogP contribution is 2.19. The van der Waals surface area contributed by atoms with Crippen LogP contribution in [0.3, 0.4) is 0 Å². The van der Waals surface area contributed by atoms with E-state index < -0.39 is 0 Å². The predicted molar refractivity (Wildman–Crippen MR) is 48.7 cm³/mol. The highest BCUT2D eigenvalue weighted by molar-refractivity contribution is 5.03. The molecule has 0 amide bonds. The lowest BCUT2D eigenvalue weighted by molar-refractivity contribution is 0.488. The van der Waals surface area contributed by atoms with Crippen LogP contribution in [-0.2, 0) is 0 Å². The average molecular weight is 165 g/mol. The molecule has 3 nitrogen and oxygen atoms in total. The first-order valence-electron chi connectivity index (χ1n) is 4.21. The van der Waals surface area contributed by atoms with Crippen molar-refractivity contribution in [3.63, 3.8) is 0 Å². The highest BCUT2D eigenvalue weighted by atomic mass is 14.8. The first kappa shape index (κ1) is 9.13. The van der Waals surface area contributed by atoms with Crippen LogP contribution < -0.4 is 5.73 Å². The molecule has 2 N–H and O–H groups in total. The van der Waals surface area contributed by atoms with Gasteiger partial charge in [-0.05, 0) is 12.5 Å². The summed E-state index contributed by atoms with van der Waals surface area (Å²) in [6.07, 6.45) is 5.20. The second kappa shape index (κ2) is 4.16. The Kier molecular flexibility index (Phi) is 3.17. The van der Waals surface area contributed by atoms with Gasteiger partial charge in [-0.1, -0.05) is 13.8 Å². The van der Waals surface area contributed by atoms with Gasteiger partial charge >= 0.3 is 0 Å². The zero-order valence-corrected chi connectivity index (χ0v) is 7.57. The smallest absolute Gasteiger partial charge is 0.0617 e. The average Bonchev–Trinajstić information content (AvgIpc) is 2.17. The lowest BCUT2D eigenvalue weighted by Crippen LogP contribution is -2.17. The Bertz CT molecular complexity index is 222. The number of rotatable bonds is 3. The predicted octanol–water partition coefficient (Wildman–Crippen LogP) is 1.17. The summed E-state index contributed by atoms with van der Waals surface area (Å²) < 4.78 is 0. The monoisotopic (exact) mass is 165 g/mol. The van der Waals surface area contributed by atoms with Crippen molar-refractivity contribution in [2.24, 2.45) is 11.7 Å². The van der Waals surface area contributed by atoms with Crippen LogP contribution in [0.15, 0.2) is 18.6 Å². The standard InChI is InChI=1S/C9H15N3/c1-7(5-10)8(2)9-6-11-3-4-12-9/h3-4,6-8H,5,10H2,1-2H3. The van der Waals surface area contributed by atoms with Crippen LogP contribution in [0, 0.1) is 5.92 Å². The first-order valence-corrected chi connectivity index (χ1v) is 4.21. The van der Waals surface area contributed by atoms with Crippen LogP contribution in [-0.4, -0.2) is 16.5 Å². The minimum Gasteiger partial charge on any atom is -0.330 e. The van der Waals surface area contributed by atoms with Crippen LogP contribution in [0.25, 0.3) is 0 Å². The third-order valence-corrected chi connectivity index (χ3v) is 2.28. The maximum absolute atomic E-state index is 5.56. The Morgan fingerprint density at radius 1 is 1.42 bits per heavy atom. The van der Waals surface area contributed by atoms with Gasteiger partial charge in [-0.25, -0.2) is 0 Å². The van der Waals surface area contributed by atoms with Crippen molar-refractivity contribution in [3.8, 4) is 0 Å². The molecule has 1 heterocycles. The number of nitrogens with zero attached hydrogens (tertiary/aromatic N) is 2. The van der Waals surface area contributed by atoms with E-state index in [0.29, 0.717) is 18.4 Å². The molecule has 0 aliphatic carbocycles. The van der Waals surface area contributed by atoms with E-state index in [4.69, 9.17) is 5.73 Å². The molecule has 0 spiro atoms. The number of nitrogens with two attached hydrogens (primary N) is 1. The van der Waals surface area contributed by atoms with Crippen LogP contribution in [0.4, 0.5) is 0 Å². The van der Waals surface area contributed by atoms with E-state index in [2.05, 4.69) is 23.8 Å². The van der Waals surface area contributed by atoms with Crippen molar-refractivity contribution in [2.75, 3.05) is 6.54 Å². The number of aromatic nitrogens is 2. The van der Waals surface area contributed by atoms with Crippen molar-refractivity contribution >= 4 is 0 Å². The van der Waals surface area contributed by atoms with E-state index in [1.54, 1.807) is 18.6 Å². The van der Waals surface area contributed by atoms with Gasteiger partial charge in [0.1, 0.15) is 0 Å². The first-order chi connectivity index (χ1) is 5.75. The van der Waals surface area contributed by atoms with Gasteiger partial charge in [-0.2, -0.15) is 0 Å². The van der Waals surface area contributed by atoms with Gasteiger partial charge in [-0.3, -0.25) is 9.97 Å². The molecule has 3 heteroatoms. The van der Waals surface area contributed by atoms with Gasteiger partial charge in [-0.15, -0.1) is 0 Å². The van der Waals surface area contributed by atoms with E-state index in [-0.39, 0.29) is 0 Å². The molecule has 2 unspecified atom stereocenters. The molecule has 0 saturated carbocycles. The Balaban J connectivity index is 2.71. The second-order valence-corrected chi connectivity index (χ2v) is 3.13. The molecule has 0 fully saturated rings. The Hall–Kier alpha value is -0.960. The molecule has 12 heavy (non-hydrogen) atoms. The van der Waals surface area contributed by atoms with Crippen LogP contribution >= 0.6 is 0 Å². The maximum Gasteiger partial charge on any atom is 0.0617 e. The quantitative estimate of drug-likeness (QED) is 0.731. The second-order valence-electron chi connectivity index (χ2n) is 3.13. The van der Waals surface area contributed by atoms with Gasteiger partial charge < -0.3 is 5.73 Å². The zero-order valence-electron chi connectivity index (χ0n) is 7.57. The molecular weight excluding hydrogens is 150 g/mol. The zero-order chi connectivity index (χ0) is 8.97. The third-order valence-electron chi connectivity index (χ3n) is 2.28. The van der Waals surface area contributed by atoms with E-state index in [9.17, 15) is 0 Å². The van der Waals surface area contributed by atoms with E-state index in [1.807, 2.05) is 0 Å². The van der Waals surface area contributed by atoms with Crippen LogP contribution in [0.1, 0.15) is 25.5 Å². The number of hydrogen-bond acceptors (Lipinski definition) is 3.